The summed E-state index contributed by atoms with van der Waals surface area (Å²) in [6, 6.07) is 6.04. The van der Waals surface area contributed by atoms with Gasteiger partial charge in [-0.15, -0.1) is 0 Å². The highest BCUT2D eigenvalue weighted by Crippen LogP contribution is 2.22. The summed E-state index contributed by atoms with van der Waals surface area (Å²) in [6.07, 6.45) is 7.76. The molecule has 1 saturated heterocycles. The molecule has 0 bridgehead atoms. The Balaban J connectivity index is 1.46. The highest BCUT2D eigenvalue weighted by atomic mass is 16.2. The van der Waals surface area contributed by atoms with Gasteiger partial charge in [-0.1, -0.05) is 31.2 Å². The molecule has 0 aromatic heterocycles. The summed E-state index contributed by atoms with van der Waals surface area (Å²) >= 11 is 0. The van der Waals surface area contributed by atoms with Crippen molar-refractivity contribution in [3.8, 4) is 0 Å². The molecule has 0 atom stereocenters. The predicted molar refractivity (Wildman–Crippen MR) is 126 cm³/mol. The Bertz CT molecular complexity index is 776. The van der Waals surface area contributed by atoms with Crippen LogP contribution in [0.1, 0.15) is 50.2 Å². The lowest BCUT2D eigenvalue weighted by Crippen LogP contribution is -2.51. The minimum atomic E-state index is 0.0280. The molecule has 2 aliphatic rings. The first-order valence-electron chi connectivity index (χ1n) is 11.8. The van der Waals surface area contributed by atoms with Gasteiger partial charge < -0.3 is 10.2 Å². The molecule has 1 aliphatic heterocycles. The summed E-state index contributed by atoms with van der Waals surface area (Å²) in [7, 11) is 0. The van der Waals surface area contributed by atoms with Crippen molar-refractivity contribution in [1.29, 1.82) is 0 Å². The number of carbonyl (C=O) groups is 2. The van der Waals surface area contributed by atoms with Crippen LogP contribution in [-0.4, -0.2) is 72.3 Å². The van der Waals surface area contributed by atoms with Crippen LogP contribution in [0.3, 0.4) is 0 Å². The van der Waals surface area contributed by atoms with E-state index in [4.69, 9.17) is 0 Å². The number of rotatable bonds is 8. The number of amides is 2. The van der Waals surface area contributed by atoms with E-state index in [0.29, 0.717) is 13.1 Å². The van der Waals surface area contributed by atoms with Crippen LogP contribution in [0.25, 0.3) is 0 Å². The van der Waals surface area contributed by atoms with Crippen LogP contribution >= 0.6 is 0 Å². The summed E-state index contributed by atoms with van der Waals surface area (Å²) in [4.78, 5) is 32.0. The van der Waals surface area contributed by atoms with E-state index in [1.54, 1.807) is 0 Å². The molecule has 0 saturated carbocycles. The fraction of sp³-hybridized carbons (Fsp3) is 0.600. The van der Waals surface area contributed by atoms with Crippen molar-refractivity contribution in [1.82, 2.24) is 14.7 Å². The SMILES string of the molecule is CCCN(C(=O)CN1CCN(CC(=O)Nc2c(C)cccc2C)CC1)C1=CCCCC1. The Morgan fingerprint density at radius 1 is 1.00 bits per heavy atom. The highest BCUT2D eigenvalue weighted by molar-refractivity contribution is 5.93. The van der Waals surface area contributed by atoms with E-state index >= 15 is 0 Å². The van der Waals surface area contributed by atoms with Gasteiger partial charge in [0, 0.05) is 44.1 Å². The number of allylic oxidation sites excluding steroid dienone is 2. The van der Waals surface area contributed by atoms with Crippen molar-refractivity contribution >= 4 is 17.5 Å². The van der Waals surface area contributed by atoms with Gasteiger partial charge in [0.05, 0.1) is 13.1 Å². The number of hydrogen-bond donors (Lipinski definition) is 1. The Hall–Kier alpha value is -2.18. The number of anilines is 1. The van der Waals surface area contributed by atoms with Crippen LogP contribution < -0.4 is 5.32 Å². The molecule has 0 radical (unpaired) electrons. The van der Waals surface area contributed by atoms with Crippen LogP contribution in [0.2, 0.25) is 0 Å². The molecular formula is C25H38N4O2. The fourth-order valence-corrected chi connectivity index (χ4v) is 4.49. The van der Waals surface area contributed by atoms with Crippen molar-refractivity contribution in [2.24, 2.45) is 0 Å². The normalized spacial score (nSPS) is 17.8. The van der Waals surface area contributed by atoms with Gasteiger partial charge in [-0.3, -0.25) is 19.4 Å². The van der Waals surface area contributed by atoms with Gasteiger partial charge in [0.2, 0.25) is 11.8 Å². The Morgan fingerprint density at radius 3 is 2.23 bits per heavy atom. The molecule has 0 spiro atoms. The molecule has 6 heteroatoms. The number of nitrogens with one attached hydrogen (secondary N) is 1. The molecule has 31 heavy (non-hydrogen) atoms. The molecule has 1 aliphatic carbocycles. The first kappa shape index (κ1) is 23.5. The van der Waals surface area contributed by atoms with Gasteiger partial charge in [0.15, 0.2) is 0 Å². The number of nitrogens with zero attached hydrogens (tertiary/aromatic N) is 3. The van der Waals surface area contributed by atoms with Crippen molar-refractivity contribution in [3.05, 3.63) is 41.1 Å². The van der Waals surface area contributed by atoms with E-state index in [2.05, 4.69) is 28.1 Å². The van der Waals surface area contributed by atoms with Crippen LogP contribution in [0.5, 0.6) is 0 Å². The van der Waals surface area contributed by atoms with E-state index in [0.717, 1.165) is 68.8 Å². The van der Waals surface area contributed by atoms with Gasteiger partial charge in [0.25, 0.3) is 0 Å². The second kappa shape index (κ2) is 11.4. The zero-order valence-electron chi connectivity index (χ0n) is 19.5. The summed E-state index contributed by atoms with van der Waals surface area (Å²) in [5.74, 6) is 0.247. The fourth-order valence-electron chi connectivity index (χ4n) is 4.49. The summed E-state index contributed by atoms with van der Waals surface area (Å²) in [6.45, 7) is 11.1. The highest BCUT2D eigenvalue weighted by Gasteiger charge is 2.24. The molecule has 1 heterocycles. The maximum absolute atomic E-state index is 13.0. The second-order valence-electron chi connectivity index (χ2n) is 8.85. The van der Waals surface area contributed by atoms with E-state index in [9.17, 15) is 9.59 Å². The molecule has 2 amide bonds. The maximum atomic E-state index is 13.0. The second-order valence-corrected chi connectivity index (χ2v) is 8.85. The summed E-state index contributed by atoms with van der Waals surface area (Å²) in [5, 5.41) is 3.07. The molecule has 1 aromatic rings. The predicted octanol–water partition coefficient (Wildman–Crippen LogP) is 3.56. The number of carbonyl (C=O) groups excluding carboxylic acids is 2. The molecule has 0 unspecified atom stereocenters. The topological polar surface area (TPSA) is 55.9 Å². The smallest absolute Gasteiger partial charge is 0.240 e. The Labute approximate surface area is 187 Å². The molecular weight excluding hydrogens is 388 g/mol. The average molecular weight is 427 g/mol. The van der Waals surface area contributed by atoms with Crippen LogP contribution in [-0.2, 0) is 9.59 Å². The van der Waals surface area contributed by atoms with Crippen molar-refractivity contribution < 1.29 is 9.59 Å². The zero-order valence-corrected chi connectivity index (χ0v) is 19.5. The first-order valence-corrected chi connectivity index (χ1v) is 11.8. The van der Waals surface area contributed by atoms with Gasteiger partial charge in [0.1, 0.15) is 0 Å². The quantitative estimate of drug-likeness (QED) is 0.691. The van der Waals surface area contributed by atoms with Gasteiger partial charge in [-0.25, -0.2) is 0 Å². The molecule has 6 nitrogen and oxygen atoms in total. The number of piperazine rings is 1. The third kappa shape index (κ3) is 6.65. The standard InChI is InChI=1S/C25H38N4O2/c1-4-13-29(22-11-6-5-7-12-22)24(31)19-28-16-14-27(15-17-28)18-23(30)26-25-20(2)9-8-10-21(25)3/h8-11H,4-7,12-19H2,1-3H3,(H,26,30). The van der Waals surface area contributed by atoms with Crippen LogP contribution in [0, 0.1) is 13.8 Å². The third-order valence-corrected chi connectivity index (χ3v) is 6.30. The number of benzene rings is 1. The van der Waals surface area contributed by atoms with Gasteiger partial charge >= 0.3 is 0 Å². The molecule has 1 aromatic carbocycles. The average Bonchev–Trinajstić information content (AvgIpc) is 2.76. The maximum Gasteiger partial charge on any atom is 0.240 e. The van der Waals surface area contributed by atoms with Gasteiger partial charge in [-0.2, -0.15) is 0 Å². The summed E-state index contributed by atoms with van der Waals surface area (Å²) < 4.78 is 0. The van der Waals surface area contributed by atoms with Crippen LogP contribution in [0.15, 0.2) is 30.0 Å². The van der Waals surface area contributed by atoms with E-state index in [1.807, 2.05) is 36.9 Å². The molecule has 1 N–H and O–H groups in total. The number of para-hydroxylation sites is 1. The van der Waals surface area contributed by atoms with E-state index < -0.39 is 0 Å². The lowest BCUT2D eigenvalue weighted by Gasteiger charge is -2.35. The van der Waals surface area contributed by atoms with E-state index in [-0.39, 0.29) is 11.8 Å². The van der Waals surface area contributed by atoms with Crippen molar-refractivity contribution in [2.45, 2.75) is 52.9 Å². The van der Waals surface area contributed by atoms with Gasteiger partial charge in [-0.05, 0) is 57.1 Å². The third-order valence-electron chi connectivity index (χ3n) is 6.30. The number of hydrogen-bond acceptors (Lipinski definition) is 4. The van der Waals surface area contributed by atoms with Crippen molar-refractivity contribution in [3.63, 3.8) is 0 Å². The Kier molecular flexibility index (Phi) is 8.67. The minimum Gasteiger partial charge on any atom is -0.324 e. The minimum absolute atomic E-state index is 0.0280. The van der Waals surface area contributed by atoms with Crippen molar-refractivity contribution in [2.75, 3.05) is 51.1 Å². The molecule has 170 valence electrons. The molecule has 3 rings (SSSR count). The van der Waals surface area contributed by atoms with E-state index in [1.165, 1.54) is 18.5 Å². The zero-order chi connectivity index (χ0) is 22.2. The largest absolute Gasteiger partial charge is 0.324 e. The lowest BCUT2D eigenvalue weighted by atomic mass is 10.0. The monoisotopic (exact) mass is 426 g/mol. The Morgan fingerprint density at radius 2 is 1.65 bits per heavy atom. The number of aryl methyl sites for hydroxylation is 2. The summed E-state index contributed by atoms with van der Waals surface area (Å²) in [5.41, 5.74) is 4.31. The first-order chi connectivity index (χ1) is 15.0. The molecule has 1 fully saturated rings. The van der Waals surface area contributed by atoms with Crippen LogP contribution in [0.4, 0.5) is 5.69 Å². The lowest BCUT2D eigenvalue weighted by molar-refractivity contribution is -0.131.